The second kappa shape index (κ2) is 3.96. The fourth-order valence-corrected chi connectivity index (χ4v) is 0.942. The van der Waals surface area contributed by atoms with Gasteiger partial charge < -0.3 is 10.4 Å². The van der Waals surface area contributed by atoms with E-state index in [1.807, 2.05) is 0 Å². The number of alkyl halides is 3. The van der Waals surface area contributed by atoms with Gasteiger partial charge in [-0.2, -0.15) is 13.2 Å². The Morgan fingerprint density at radius 1 is 1.36 bits per heavy atom. The summed E-state index contributed by atoms with van der Waals surface area (Å²) < 4.78 is 35.3. The first-order valence-electron chi connectivity index (χ1n) is 3.67. The molecule has 1 aromatic rings. The molecule has 0 aromatic heterocycles. The summed E-state index contributed by atoms with van der Waals surface area (Å²) in [6.07, 6.45) is -4.28. The van der Waals surface area contributed by atoms with E-state index in [1.54, 1.807) is 0 Å². The Balaban J connectivity index is 2.65. The molecule has 0 unspecified atom stereocenters. The Bertz CT molecular complexity index is 327. The van der Waals surface area contributed by atoms with Gasteiger partial charge in [0, 0.05) is 11.8 Å². The van der Waals surface area contributed by atoms with Gasteiger partial charge in [0.2, 0.25) is 0 Å². The molecule has 0 saturated carbocycles. The highest BCUT2D eigenvalue weighted by molar-refractivity contribution is 6.32. The number of anilines is 1. The lowest BCUT2D eigenvalue weighted by Crippen LogP contribution is -2.21. The van der Waals surface area contributed by atoms with Crippen LogP contribution in [0.2, 0.25) is 5.02 Å². The molecule has 14 heavy (non-hydrogen) atoms. The van der Waals surface area contributed by atoms with Gasteiger partial charge in [-0.15, -0.1) is 0 Å². The van der Waals surface area contributed by atoms with Crippen molar-refractivity contribution >= 4 is 17.3 Å². The van der Waals surface area contributed by atoms with Gasteiger partial charge in [-0.25, -0.2) is 0 Å². The van der Waals surface area contributed by atoms with E-state index in [1.165, 1.54) is 12.1 Å². The Hall–Kier alpha value is -1.10. The lowest BCUT2D eigenvalue weighted by molar-refractivity contribution is -0.115. The van der Waals surface area contributed by atoms with E-state index >= 15 is 0 Å². The van der Waals surface area contributed by atoms with Crippen LogP contribution in [0.15, 0.2) is 18.2 Å². The molecular formula is C8H7ClF3NO. The van der Waals surface area contributed by atoms with E-state index in [4.69, 9.17) is 16.7 Å². The monoisotopic (exact) mass is 225 g/mol. The van der Waals surface area contributed by atoms with Crippen molar-refractivity contribution in [3.05, 3.63) is 23.2 Å². The number of rotatable bonds is 2. The summed E-state index contributed by atoms with van der Waals surface area (Å²) in [4.78, 5) is 0. The third-order valence-corrected chi connectivity index (χ3v) is 1.76. The van der Waals surface area contributed by atoms with Crippen LogP contribution >= 0.6 is 11.6 Å². The number of hydrogen-bond donors (Lipinski definition) is 2. The number of benzene rings is 1. The van der Waals surface area contributed by atoms with Crippen molar-refractivity contribution in [3.63, 3.8) is 0 Å². The minimum Gasteiger partial charge on any atom is -0.506 e. The molecule has 0 aliphatic carbocycles. The van der Waals surface area contributed by atoms with Crippen LogP contribution in [0.1, 0.15) is 0 Å². The third kappa shape index (κ3) is 3.33. The number of phenols is 1. The lowest BCUT2D eigenvalue weighted by atomic mass is 10.3. The molecule has 0 bridgehead atoms. The summed E-state index contributed by atoms with van der Waals surface area (Å²) >= 11 is 5.47. The summed E-state index contributed by atoms with van der Waals surface area (Å²) in [6, 6.07) is 3.80. The fraction of sp³-hybridized carbons (Fsp3) is 0.250. The molecule has 2 nitrogen and oxygen atoms in total. The van der Waals surface area contributed by atoms with Crippen LogP contribution in [0.3, 0.4) is 0 Å². The Morgan fingerprint density at radius 2 is 2.00 bits per heavy atom. The van der Waals surface area contributed by atoms with Gasteiger partial charge in [-0.05, 0) is 12.1 Å². The predicted molar refractivity (Wildman–Crippen MR) is 47.7 cm³/mol. The number of nitrogens with one attached hydrogen (secondary N) is 1. The molecule has 0 fully saturated rings. The zero-order chi connectivity index (χ0) is 10.8. The highest BCUT2D eigenvalue weighted by atomic mass is 35.5. The van der Waals surface area contributed by atoms with Crippen molar-refractivity contribution < 1.29 is 18.3 Å². The lowest BCUT2D eigenvalue weighted by Gasteiger charge is -2.09. The minimum absolute atomic E-state index is 0.0996. The molecule has 0 amide bonds. The molecule has 0 saturated heterocycles. The molecule has 1 aromatic carbocycles. The summed E-state index contributed by atoms with van der Waals surface area (Å²) in [6.45, 7) is -1.14. The van der Waals surface area contributed by atoms with Gasteiger partial charge in [0.05, 0.1) is 5.02 Å². The molecule has 0 aliphatic rings. The molecule has 78 valence electrons. The minimum atomic E-state index is -4.28. The van der Waals surface area contributed by atoms with Crippen LogP contribution in [0.25, 0.3) is 0 Å². The smallest absolute Gasteiger partial charge is 0.405 e. The Morgan fingerprint density at radius 3 is 2.50 bits per heavy atom. The molecule has 6 heteroatoms. The molecule has 0 spiro atoms. The highest BCUT2D eigenvalue weighted by Crippen LogP contribution is 2.26. The third-order valence-electron chi connectivity index (χ3n) is 1.44. The van der Waals surface area contributed by atoms with Crippen molar-refractivity contribution in [2.45, 2.75) is 6.18 Å². The average Bonchev–Trinajstić information content (AvgIpc) is 2.06. The Kier molecular flexibility index (Phi) is 3.10. The summed E-state index contributed by atoms with van der Waals surface area (Å²) in [7, 11) is 0. The normalized spacial score (nSPS) is 11.4. The highest BCUT2D eigenvalue weighted by Gasteiger charge is 2.26. The van der Waals surface area contributed by atoms with E-state index in [0.29, 0.717) is 0 Å². The number of halogens is 4. The van der Waals surface area contributed by atoms with Gasteiger partial charge >= 0.3 is 6.18 Å². The molecular weight excluding hydrogens is 219 g/mol. The topological polar surface area (TPSA) is 32.3 Å². The molecule has 0 aliphatic heterocycles. The quantitative estimate of drug-likeness (QED) is 0.811. The zero-order valence-corrected chi connectivity index (χ0v) is 7.65. The standard InChI is InChI=1S/C8H7ClF3NO/c9-6-2-1-5(3-7(6)14)13-4-8(10,11)12/h1-3,13-14H,4H2. The number of hydrogen-bond acceptors (Lipinski definition) is 2. The van der Waals surface area contributed by atoms with Crippen LogP contribution in [0.4, 0.5) is 18.9 Å². The van der Waals surface area contributed by atoms with E-state index in [9.17, 15) is 13.2 Å². The van der Waals surface area contributed by atoms with Crippen LogP contribution in [-0.2, 0) is 0 Å². The maximum Gasteiger partial charge on any atom is 0.405 e. The van der Waals surface area contributed by atoms with Crippen molar-refractivity contribution in [3.8, 4) is 5.75 Å². The SMILES string of the molecule is Oc1cc(NCC(F)(F)F)ccc1Cl. The molecule has 0 radical (unpaired) electrons. The first kappa shape index (κ1) is 11.0. The van der Waals surface area contributed by atoms with E-state index in [-0.39, 0.29) is 16.5 Å². The second-order valence-electron chi connectivity index (χ2n) is 2.63. The summed E-state index contributed by atoms with van der Waals surface area (Å²) in [5, 5.41) is 11.3. The van der Waals surface area contributed by atoms with E-state index in [0.717, 1.165) is 6.07 Å². The average molecular weight is 226 g/mol. The fourth-order valence-electron chi connectivity index (χ4n) is 0.825. The molecule has 2 N–H and O–H groups in total. The number of aromatic hydroxyl groups is 1. The van der Waals surface area contributed by atoms with Crippen LogP contribution in [-0.4, -0.2) is 17.8 Å². The van der Waals surface area contributed by atoms with Crippen molar-refractivity contribution in [2.24, 2.45) is 0 Å². The number of phenolic OH excluding ortho intramolecular Hbond substituents is 1. The first-order chi connectivity index (χ1) is 6.38. The maximum atomic E-state index is 11.8. The van der Waals surface area contributed by atoms with Gasteiger partial charge in [-0.3, -0.25) is 0 Å². The van der Waals surface area contributed by atoms with E-state index in [2.05, 4.69) is 5.32 Å². The van der Waals surface area contributed by atoms with Crippen LogP contribution < -0.4 is 5.32 Å². The van der Waals surface area contributed by atoms with Crippen LogP contribution in [0, 0.1) is 0 Å². The van der Waals surface area contributed by atoms with Crippen LogP contribution in [0.5, 0.6) is 5.75 Å². The zero-order valence-electron chi connectivity index (χ0n) is 6.90. The van der Waals surface area contributed by atoms with Gasteiger partial charge in [0.15, 0.2) is 0 Å². The molecule has 0 atom stereocenters. The van der Waals surface area contributed by atoms with E-state index < -0.39 is 12.7 Å². The van der Waals surface area contributed by atoms with Crippen molar-refractivity contribution in [2.75, 3.05) is 11.9 Å². The second-order valence-corrected chi connectivity index (χ2v) is 3.04. The summed E-state index contributed by atoms with van der Waals surface area (Å²) in [5.74, 6) is -0.251. The van der Waals surface area contributed by atoms with Crippen molar-refractivity contribution in [1.82, 2.24) is 0 Å². The maximum absolute atomic E-state index is 11.8. The van der Waals surface area contributed by atoms with Crippen molar-refractivity contribution in [1.29, 1.82) is 0 Å². The largest absolute Gasteiger partial charge is 0.506 e. The van der Waals surface area contributed by atoms with Gasteiger partial charge in [0.25, 0.3) is 0 Å². The first-order valence-corrected chi connectivity index (χ1v) is 4.05. The summed E-state index contributed by atoms with van der Waals surface area (Å²) in [5.41, 5.74) is 0.171. The van der Waals surface area contributed by atoms with Gasteiger partial charge in [0.1, 0.15) is 12.3 Å². The Labute approximate surface area is 83.3 Å². The molecule has 1 rings (SSSR count). The molecule has 0 heterocycles. The van der Waals surface area contributed by atoms with Gasteiger partial charge in [-0.1, -0.05) is 11.6 Å². The predicted octanol–water partition coefficient (Wildman–Crippen LogP) is 3.02.